The van der Waals surface area contributed by atoms with E-state index in [1.165, 1.54) is 18.9 Å². The number of hydrogen-bond donors (Lipinski definition) is 1. The van der Waals surface area contributed by atoms with Crippen LogP contribution in [0, 0.1) is 6.92 Å². The Morgan fingerprint density at radius 1 is 1.17 bits per heavy atom. The topological polar surface area (TPSA) is 62.3 Å². The summed E-state index contributed by atoms with van der Waals surface area (Å²) < 4.78 is 27.5. The molecule has 1 aromatic carbocycles. The molecule has 0 unspecified atom stereocenters. The first kappa shape index (κ1) is 16.1. The monoisotopic (exact) mass is 351 g/mol. The number of benzene rings is 1. The molecule has 23 heavy (non-hydrogen) atoms. The van der Waals surface area contributed by atoms with Gasteiger partial charge in [-0.05, 0) is 49.6 Å². The van der Waals surface area contributed by atoms with E-state index >= 15 is 0 Å². The van der Waals surface area contributed by atoms with Gasteiger partial charge in [-0.3, -0.25) is 4.72 Å². The standard InChI is InChI=1S/C16H18ClN3O2S/c1-12-14(17)5-4-6-15(12)23(21,22)19-16-8-7-13(11-18-16)20-9-2-3-10-20/h4-8,11H,2-3,9-10H2,1H3,(H,18,19). The van der Waals surface area contributed by atoms with Crippen LogP contribution in [0.3, 0.4) is 0 Å². The van der Waals surface area contributed by atoms with Gasteiger partial charge in [0.2, 0.25) is 0 Å². The van der Waals surface area contributed by atoms with Crippen molar-refractivity contribution in [1.82, 2.24) is 4.98 Å². The van der Waals surface area contributed by atoms with Crippen LogP contribution in [0.15, 0.2) is 41.4 Å². The molecule has 0 radical (unpaired) electrons. The van der Waals surface area contributed by atoms with Crippen LogP contribution in [0.2, 0.25) is 5.02 Å². The van der Waals surface area contributed by atoms with Crippen LogP contribution >= 0.6 is 11.6 Å². The summed E-state index contributed by atoms with van der Waals surface area (Å²) >= 11 is 6.00. The Balaban J connectivity index is 1.81. The molecule has 0 amide bonds. The Kier molecular flexibility index (Phi) is 4.46. The molecule has 1 aromatic heterocycles. The van der Waals surface area contributed by atoms with Gasteiger partial charge < -0.3 is 4.90 Å². The van der Waals surface area contributed by atoms with Crippen LogP contribution < -0.4 is 9.62 Å². The summed E-state index contributed by atoms with van der Waals surface area (Å²) in [5.41, 5.74) is 1.54. The minimum Gasteiger partial charge on any atom is -0.370 e. The summed E-state index contributed by atoms with van der Waals surface area (Å²) in [7, 11) is -3.71. The number of halogens is 1. The molecule has 2 aromatic rings. The third kappa shape index (κ3) is 3.43. The molecule has 1 aliphatic heterocycles. The fraction of sp³-hybridized carbons (Fsp3) is 0.312. The zero-order chi connectivity index (χ0) is 16.4. The van der Waals surface area contributed by atoms with E-state index in [2.05, 4.69) is 14.6 Å². The average molecular weight is 352 g/mol. The Labute approximate surface area is 141 Å². The van der Waals surface area contributed by atoms with E-state index in [0.29, 0.717) is 16.4 Å². The lowest BCUT2D eigenvalue weighted by Crippen LogP contribution is -2.18. The second kappa shape index (κ2) is 6.37. The lowest BCUT2D eigenvalue weighted by molar-refractivity contribution is 0.600. The highest BCUT2D eigenvalue weighted by Gasteiger charge is 2.19. The van der Waals surface area contributed by atoms with Crippen LogP contribution in [-0.2, 0) is 10.0 Å². The number of aromatic nitrogens is 1. The van der Waals surface area contributed by atoms with E-state index in [0.717, 1.165) is 18.8 Å². The normalized spacial score (nSPS) is 15.0. The van der Waals surface area contributed by atoms with Crippen molar-refractivity contribution in [3.8, 4) is 0 Å². The second-order valence-corrected chi connectivity index (χ2v) is 7.62. The van der Waals surface area contributed by atoms with E-state index < -0.39 is 10.0 Å². The molecule has 1 aliphatic rings. The van der Waals surface area contributed by atoms with Crippen LogP contribution in [0.1, 0.15) is 18.4 Å². The molecule has 0 aliphatic carbocycles. The van der Waals surface area contributed by atoms with Crippen molar-refractivity contribution in [3.63, 3.8) is 0 Å². The number of hydrogen-bond acceptors (Lipinski definition) is 4. The van der Waals surface area contributed by atoms with Crippen molar-refractivity contribution in [2.75, 3.05) is 22.7 Å². The highest BCUT2D eigenvalue weighted by Crippen LogP contribution is 2.25. The molecule has 7 heteroatoms. The van der Waals surface area contributed by atoms with Gasteiger partial charge in [-0.2, -0.15) is 0 Å². The number of sulfonamides is 1. The molecule has 3 rings (SSSR count). The van der Waals surface area contributed by atoms with E-state index in [9.17, 15) is 8.42 Å². The van der Waals surface area contributed by atoms with Crippen molar-refractivity contribution >= 4 is 33.1 Å². The lowest BCUT2D eigenvalue weighted by atomic mass is 10.2. The van der Waals surface area contributed by atoms with Crippen molar-refractivity contribution in [2.24, 2.45) is 0 Å². The van der Waals surface area contributed by atoms with Gasteiger partial charge in [0.1, 0.15) is 5.82 Å². The summed E-state index contributed by atoms with van der Waals surface area (Å²) in [6.07, 6.45) is 4.07. The molecule has 1 fully saturated rings. The zero-order valence-corrected chi connectivity index (χ0v) is 14.4. The lowest BCUT2D eigenvalue weighted by Gasteiger charge is -2.17. The Hall–Kier alpha value is -1.79. The molecule has 0 bridgehead atoms. The van der Waals surface area contributed by atoms with Crippen LogP contribution in [-0.4, -0.2) is 26.5 Å². The molecular formula is C16H18ClN3O2S. The van der Waals surface area contributed by atoms with Crippen LogP contribution in [0.4, 0.5) is 11.5 Å². The maximum absolute atomic E-state index is 12.5. The predicted molar refractivity (Wildman–Crippen MR) is 92.7 cm³/mol. The van der Waals surface area contributed by atoms with Crippen LogP contribution in [0.5, 0.6) is 0 Å². The molecule has 2 heterocycles. The van der Waals surface area contributed by atoms with E-state index in [1.54, 1.807) is 31.3 Å². The van der Waals surface area contributed by atoms with Crippen LogP contribution in [0.25, 0.3) is 0 Å². The fourth-order valence-corrected chi connectivity index (χ4v) is 4.19. The first-order valence-electron chi connectivity index (χ1n) is 7.46. The summed E-state index contributed by atoms with van der Waals surface area (Å²) in [5, 5.41) is 0.421. The predicted octanol–water partition coefficient (Wildman–Crippen LogP) is 3.44. The molecule has 122 valence electrons. The molecule has 0 saturated carbocycles. The van der Waals surface area contributed by atoms with E-state index in [4.69, 9.17) is 11.6 Å². The first-order chi connectivity index (χ1) is 11.0. The van der Waals surface area contributed by atoms with Crippen molar-refractivity contribution in [3.05, 3.63) is 47.1 Å². The first-order valence-corrected chi connectivity index (χ1v) is 9.32. The SMILES string of the molecule is Cc1c(Cl)cccc1S(=O)(=O)Nc1ccc(N2CCCC2)cn1. The number of nitrogens with zero attached hydrogens (tertiary/aromatic N) is 2. The number of anilines is 2. The van der Waals surface area contributed by atoms with Gasteiger partial charge in [0.05, 0.1) is 16.8 Å². The van der Waals surface area contributed by atoms with Crippen molar-refractivity contribution in [2.45, 2.75) is 24.7 Å². The fourth-order valence-electron chi connectivity index (χ4n) is 2.68. The maximum atomic E-state index is 12.5. The maximum Gasteiger partial charge on any atom is 0.263 e. The van der Waals surface area contributed by atoms with Gasteiger partial charge in [-0.1, -0.05) is 17.7 Å². The van der Waals surface area contributed by atoms with Gasteiger partial charge in [0.25, 0.3) is 10.0 Å². The molecular weight excluding hydrogens is 334 g/mol. The quantitative estimate of drug-likeness (QED) is 0.916. The Morgan fingerprint density at radius 3 is 2.57 bits per heavy atom. The number of rotatable bonds is 4. The molecule has 1 N–H and O–H groups in total. The van der Waals surface area contributed by atoms with Gasteiger partial charge in [-0.25, -0.2) is 13.4 Å². The third-order valence-electron chi connectivity index (χ3n) is 3.97. The smallest absolute Gasteiger partial charge is 0.263 e. The minimum absolute atomic E-state index is 0.162. The average Bonchev–Trinajstić information content (AvgIpc) is 3.04. The van der Waals surface area contributed by atoms with E-state index in [1.807, 2.05) is 6.07 Å². The number of pyridine rings is 1. The summed E-state index contributed by atoms with van der Waals surface area (Å²) in [4.78, 5) is 6.63. The second-order valence-electron chi connectivity index (χ2n) is 5.56. The van der Waals surface area contributed by atoms with Gasteiger partial charge in [-0.15, -0.1) is 0 Å². The molecule has 0 atom stereocenters. The Bertz CT molecular complexity index is 801. The molecule has 1 saturated heterocycles. The summed E-state index contributed by atoms with van der Waals surface area (Å²) in [6, 6.07) is 8.39. The highest BCUT2D eigenvalue weighted by molar-refractivity contribution is 7.92. The minimum atomic E-state index is -3.71. The van der Waals surface area contributed by atoms with Crippen molar-refractivity contribution < 1.29 is 8.42 Å². The van der Waals surface area contributed by atoms with Gasteiger partial charge in [0, 0.05) is 18.1 Å². The highest BCUT2D eigenvalue weighted by atomic mass is 35.5. The summed E-state index contributed by atoms with van der Waals surface area (Å²) in [6.45, 7) is 3.73. The zero-order valence-electron chi connectivity index (χ0n) is 12.8. The molecule has 5 nitrogen and oxygen atoms in total. The largest absolute Gasteiger partial charge is 0.370 e. The Morgan fingerprint density at radius 2 is 1.91 bits per heavy atom. The summed E-state index contributed by atoms with van der Waals surface area (Å²) in [5.74, 6) is 0.298. The third-order valence-corrected chi connectivity index (χ3v) is 5.87. The molecule has 0 spiro atoms. The van der Waals surface area contributed by atoms with E-state index in [-0.39, 0.29) is 4.90 Å². The number of nitrogens with one attached hydrogen (secondary N) is 1. The van der Waals surface area contributed by atoms with Crippen molar-refractivity contribution in [1.29, 1.82) is 0 Å². The van der Waals surface area contributed by atoms with Gasteiger partial charge >= 0.3 is 0 Å². The van der Waals surface area contributed by atoms with Gasteiger partial charge in [0.15, 0.2) is 0 Å².